The van der Waals surface area contributed by atoms with Gasteiger partial charge in [-0.1, -0.05) is 23.7 Å². The summed E-state index contributed by atoms with van der Waals surface area (Å²) >= 11 is 5.93. The average molecular weight is 390 g/mol. The largest absolute Gasteiger partial charge is 0.394 e. The summed E-state index contributed by atoms with van der Waals surface area (Å²) in [6, 6.07) is 6.76. The SMILES string of the molecule is [2H]C([2H])(O)[C@H](C)NC(=O)c1cc(-c2ccc(Cl)cc2)nn(-c2cnn(C)c2)c1=O. The summed E-state index contributed by atoms with van der Waals surface area (Å²) < 4.78 is 17.2. The third-order valence-corrected chi connectivity index (χ3v) is 4.03. The molecular formula is C18H18ClN5O3. The molecule has 140 valence electrons. The van der Waals surface area contributed by atoms with E-state index in [9.17, 15) is 14.7 Å². The number of carbonyl (C=O) groups is 1. The van der Waals surface area contributed by atoms with E-state index in [2.05, 4.69) is 15.5 Å². The van der Waals surface area contributed by atoms with Crippen molar-refractivity contribution in [2.24, 2.45) is 7.05 Å². The lowest BCUT2D eigenvalue weighted by atomic mass is 10.1. The fourth-order valence-corrected chi connectivity index (χ4v) is 2.54. The summed E-state index contributed by atoms with van der Waals surface area (Å²) in [4.78, 5) is 25.6. The Kier molecular flexibility index (Phi) is 4.64. The maximum Gasteiger partial charge on any atom is 0.284 e. The first-order valence-electron chi connectivity index (χ1n) is 8.99. The number of aromatic nitrogens is 4. The van der Waals surface area contributed by atoms with Gasteiger partial charge in [0, 0.05) is 23.7 Å². The number of hydrogen-bond donors (Lipinski definition) is 2. The van der Waals surface area contributed by atoms with Crippen molar-refractivity contribution in [3.05, 3.63) is 63.7 Å². The fraction of sp³-hybridized carbons (Fsp3) is 0.222. The molecule has 1 amide bonds. The van der Waals surface area contributed by atoms with Crippen LogP contribution in [0, 0.1) is 0 Å². The van der Waals surface area contributed by atoms with Crippen molar-refractivity contribution in [1.29, 1.82) is 0 Å². The van der Waals surface area contributed by atoms with Crippen LogP contribution in [0.1, 0.15) is 20.0 Å². The van der Waals surface area contributed by atoms with Crippen molar-refractivity contribution >= 4 is 17.5 Å². The van der Waals surface area contributed by atoms with Gasteiger partial charge in [-0.05, 0) is 25.1 Å². The Bertz CT molecular complexity index is 1110. The van der Waals surface area contributed by atoms with Crippen molar-refractivity contribution in [2.75, 3.05) is 6.56 Å². The van der Waals surface area contributed by atoms with Crippen molar-refractivity contribution in [1.82, 2.24) is 24.9 Å². The summed E-state index contributed by atoms with van der Waals surface area (Å²) in [7, 11) is 1.68. The maximum absolute atomic E-state index is 12.9. The van der Waals surface area contributed by atoms with Crippen LogP contribution in [0.5, 0.6) is 0 Å². The third-order valence-electron chi connectivity index (χ3n) is 3.77. The van der Waals surface area contributed by atoms with Gasteiger partial charge in [0.05, 0.1) is 27.4 Å². The highest BCUT2D eigenvalue weighted by Crippen LogP contribution is 2.20. The van der Waals surface area contributed by atoms with E-state index in [0.717, 1.165) is 4.68 Å². The molecule has 0 unspecified atom stereocenters. The van der Waals surface area contributed by atoms with Gasteiger partial charge in [-0.25, -0.2) is 0 Å². The standard InChI is InChI=1S/C18H18ClN5O3/c1-11(10-25)21-17(26)15-7-16(12-3-5-13(19)6-4-12)22-24(18(15)27)14-8-20-23(2)9-14/h3-9,11,25H,10H2,1-2H3,(H,21,26)/t11-/m0/s1/i10D2. The predicted octanol–water partition coefficient (Wildman–Crippen LogP) is 1.40. The highest BCUT2D eigenvalue weighted by Gasteiger charge is 2.19. The van der Waals surface area contributed by atoms with E-state index in [1.54, 1.807) is 37.5 Å². The first kappa shape index (κ1) is 16.2. The second-order valence-electron chi connectivity index (χ2n) is 5.86. The Balaban J connectivity index is 2.14. The van der Waals surface area contributed by atoms with Gasteiger partial charge in [0.2, 0.25) is 0 Å². The van der Waals surface area contributed by atoms with Crippen LogP contribution in [0.4, 0.5) is 0 Å². The molecule has 0 bridgehead atoms. The number of nitrogens with one attached hydrogen (secondary N) is 1. The summed E-state index contributed by atoms with van der Waals surface area (Å²) in [6.45, 7) is -1.36. The molecule has 2 heterocycles. The molecule has 8 nitrogen and oxygen atoms in total. The number of halogens is 1. The number of nitrogens with zero attached hydrogens (tertiary/aromatic N) is 4. The lowest BCUT2D eigenvalue weighted by molar-refractivity contribution is 0.0920. The van der Waals surface area contributed by atoms with Crippen LogP contribution in [0.3, 0.4) is 0 Å². The molecule has 2 N–H and O–H groups in total. The maximum atomic E-state index is 12.9. The van der Waals surface area contributed by atoms with E-state index in [0.29, 0.717) is 22.0 Å². The molecule has 0 aliphatic rings. The molecule has 3 rings (SSSR count). The van der Waals surface area contributed by atoms with Crippen LogP contribution in [0.25, 0.3) is 16.9 Å². The van der Waals surface area contributed by atoms with Gasteiger partial charge in [0.15, 0.2) is 0 Å². The topological polar surface area (TPSA) is 102 Å². The zero-order valence-electron chi connectivity index (χ0n) is 16.5. The van der Waals surface area contributed by atoms with Crippen molar-refractivity contribution < 1.29 is 12.6 Å². The third kappa shape index (κ3) is 4.07. The van der Waals surface area contributed by atoms with Gasteiger partial charge < -0.3 is 10.4 Å². The zero-order valence-corrected chi connectivity index (χ0v) is 15.3. The fourth-order valence-electron chi connectivity index (χ4n) is 2.42. The van der Waals surface area contributed by atoms with Crippen LogP contribution in [0.2, 0.25) is 5.02 Å². The van der Waals surface area contributed by atoms with Gasteiger partial charge in [-0.15, -0.1) is 0 Å². The average Bonchev–Trinajstić information content (AvgIpc) is 3.08. The smallest absolute Gasteiger partial charge is 0.284 e. The molecule has 1 atom stereocenters. The molecule has 27 heavy (non-hydrogen) atoms. The van der Waals surface area contributed by atoms with E-state index in [1.165, 1.54) is 23.9 Å². The zero-order chi connectivity index (χ0) is 21.3. The van der Waals surface area contributed by atoms with E-state index in [1.807, 2.05) is 0 Å². The van der Waals surface area contributed by atoms with Crippen molar-refractivity contribution in [3.8, 4) is 16.9 Å². The van der Waals surface area contributed by atoms with Gasteiger partial charge in [-0.3, -0.25) is 14.3 Å². The number of aliphatic hydroxyl groups is 1. The second-order valence-corrected chi connectivity index (χ2v) is 6.30. The molecule has 9 heteroatoms. The summed E-state index contributed by atoms with van der Waals surface area (Å²) in [5, 5.41) is 20.6. The Labute approximate surface area is 162 Å². The minimum atomic E-state index is -2.65. The molecule has 0 radical (unpaired) electrons. The van der Waals surface area contributed by atoms with E-state index < -0.39 is 24.1 Å². The number of benzene rings is 1. The molecular weight excluding hydrogens is 370 g/mol. The summed E-state index contributed by atoms with van der Waals surface area (Å²) in [6.07, 6.45) is 2.99. The Hall–Kier alpha value is -2.97. The molecule has 0 saturated heterocycles. The minimum Gasteiger partial charge on any atom is -0.394 e. The second kappa shape index (κ2) is 7.73. The van der Waals surface area contributed by atoms with Gasteiger partial charge in [0.1, 0.15) is 11.3 Å². The summed E-state index contributed by atoms with van der Waals surface area (Å²) in [5.74, 6) is -0.837. The number of aryl methyl sites for hydroxylation is 1. The number of carbonyl (C=O) groups excluding carboxylic acids is 1. The lowest BCUT2D eigenvalue weighted by Gasteiger charge is -2.13. The molecule has 1 aromatic carbocycles. The molecule has 0 spiro atoms. The number of hydrogen-bond acceptors (Lipinski definition) is 5. The Morgan fingerprint density at radius 3 is 2.70 bits per heavy atom. The lowest BCUT2D eigenvalue weighted by Crippen LogP contribution is -2.39. The first-order chi connectivity index (χ1) is 13.6. The van der Waals surface area contributed by atoms with Crippen LogP contribution in [-0.2, 0) is 7.05 Å². The van der Waals surface area contributed by atoms with Crippen LogP contribution in [0.15, 0.2) is 47.5 Å². The van der Waals surface area contributed by atoms with Gasteiger partial charge in [-0.2, -0.15) is 14.9 Å². The first-order valence-corrected chi connectivity index (χ1v) is 8.36. The van der Waals surface area contributed by atoms with E-state index in [4.69, 9.17) is 14.3 Å². The van der Waals surface area contributed by atoms with Crippen LogP contribution >= 0.6 is 11.6 Å². The van der Waals surface area contributed by atoms with Gasteiger partial charge >= 0.3 is 0 Å². The highest BCUT2D eigenvalue weighted by molar-refractivity contribution is 6.30. The summed E-state index contributed by atoms with van der Waals surface area (Å²) in [5.41, 5.74) is 0.332. The Morgan fingerprint density at radius 2 is 2.11 bits per heavy atom. The van der Waals surface area contributed by atoms with Crippen LogP contribution < -0.4 is 10.9 Å². The molecule has 0 aliphatic carbocycles. The minimum absolute atomic E-state index is 0.259. The van der Waals surface area contributed by atoms with Crippen LogP contribution in [-0.4, -0.2) is 43.2 Å². The Morgan fingerprint density at radius 1 is 1.41 bits per heavy atom. The number of rotatable bonds is 5. The molecule has 0 saturated carbocycles. The normalized spacial score (nSPS) is 13.6. The van der Waals surface area contributed by atoms with E-state index in [-0.39, 0.29) is 5.56 Å². The monoisotopic (exact) mass is 389 g/mol. The quantitative estimate of drug-likeness (QED) is 0.686. The molecule has 3 aromatic rings. The molecule has 0 aliphatic heterocycles. The predicted molar refractivity (Wildman–Crippen MR) is 101 cm³/mol. The molecule has 0 fully saturated rings. The van der Waals surface area contributed by atoms with Crippen molar-refractivity contribution in [2.45, 2.75) is 13.0 Å². The number of amides is 1. The highest BCUT2D eigenvalue weighted by atomic mass is 35.5. The van der Waals surface area contributed by atoms with Gasteiger partial charge in [0.25, 0.3) is 11.5 Å². The van der Waals surface area contributed by atoms with E-state index >= 15 is 0 Å². The van der Waals surface area contributed by atoms with Crippen molar-refractivity contribution in [3.63, 3.8) is 0 Å². The molecule has 2 aromatic heterocycles.